The van der Waals surface area contributed by atoms with Crippen molar-refractivity contribution in [1.29, 1.82) is 0 Å². The molecule has 1 aliphatic rings. The summed E-state index contributed by atoms with van der Waals surface area (Å²) in [7, 11) is 1.72. The highest BCUT2D eigenvalue weighted by Gasteiger charge is 2.37. The van der Waals surface area contributed by atoms with E-state index in [4.69, 9.17) is 16.3 Å². The molecular weight excluding hydrogens is 300 g/mol. The maximum Gasteiger partial charge on any atom is 0.215 e. The number of hydrogen-bond acceptors (Lipinski definition) is 4. The molecule has 0 bridgehead atoms. The Bertz CT molecular complexity index is 754. The summed E-state index contributed by atoms with van der Waals surface area (Å²) in [5, 5.41) is 3.57. The van der Waals surface area contributed by atoms with Gasteiger partial charge in [-0.05, 0) is 36.8 Å². The summed E-state index contributed by atoms with van der Waals surface area (Å²) >= 11 is 5.89. The zero-order chi connectivity index (χ0) is 15.7. The van der Waals surface area contributed by atoms with E-state index in [2.05, 4.69) is 10.3 Å². The van der Waals surface area contributed by atoms with Crippen LogP contribution in [0.1, 0.15) is 22.9 Å². The highest BCUT2D eigenvalue weighted by atomic mass is 35.5. The number of carbonyl (C=O) groups excluding carboxylic acids is 1. The molecule has 1 N–H and O–H groups in total. The Morgan fingerprint density at radius 2 is 1.95 bits per heavy atom. The summed E-state index contributed by atoms with van der Waals surface area (Å²) in [6, 6.07) is 10.8. The molecular formula is C17H15ClN2O2. The summed E-state index contributed by atoms with van der Waals surface area (Å²) in [6.45, 7) is 1.96. The van der Waals surface area contributed by atoms with E-state index in [1.807, 2.05) is 19.1 Å². The van der Waals surface area contributed by atoms with Crippen LogP contribution in [0.25, 0.3) is 5.57 Å². The topological polar surface area (TPSA) is 51.2 Å². The van der Waals surface area contributed by atoms with Crippen molar-refractivity contribution in [3.63, 3.8) is 0 Å². The number of rotatable bonds is 3. The fourth-order valence-corrected chi connectivity index (χ4v) is 2.56. The fraction of sp³-hybridized carbons (Fsp3) is 0.176. The van der Waals surface area contributed by atoms with E-state index in [1.54, 1.807) is 37.5 Å². The minimum Gasteiger partial charge on any atom is -0.462 e. The average molecular weight is 315 g/mol. The highest BCUT2D eigenvalue weighted by Crippen LogP contribution is 2.36. The molecule has 1 aliphatic heterocycles. The molecule has 5 heteroatoms. The summed E-state index contributed by atoms with van der Waals surface area (Å²) in [5.41, 5.74) is 2.90. The molecule has 1 aromatic heterocycles. The molecule has 2 aromatic rings. The molecule has 2 heterocycles. The summed E-state index contributed by atoms with van der Waals surface area (Å²) < 4.78 is 5.79. The molecule has 112 valence electrons. The van der Waals surface area contributed by atoms with Crippen molar-refractivity contribution in [3.8, 4) is 0 Å². The minimum absolute atomic E-state index is 0.107. The van der Waals surface area contributed by atoms with Gasteiger partial charge in [0.1, 0.15) is 5.57 Å². The Kier molecular flexibility index (Phi) is 3.86. The van der Waals surface area contributed by atoms with Gasteiger partial charge in [0.05, 0.1) is 5.69 Å². The Morgan fingerprint density at radius 1 is 1.23 bits per heavy atom. The quantitative estimate of drug-likeness (QED) is 0.944. The van der Waals surface area contributed by atoms with E-state index in [-0.39, 0.29) is 5.78 Å². The number of aromatic nitrogens is 1. The van der Waals surface area contributed by atoms with Gasteiger partial charge in [-0.15, -0.1) is 0 Å². The van der Waals surface area contributed by atoms with Crippen LogP contribution in [0.15, 0.2) is 48.5 Å². The average Bonchev–Trinajstić information content (AvgIpc) is 2.85. The predicted octanol–water partition coefficient (Wildman–Crippen LogP) is 3.27. The van der Waals surface area contributed by atoms with E-state index in [1.165, 1.54) is 0 Å². The van der Waals surface area contributed by atoms with Gasteiger partial charge >= 0.3 is 0 Å². The third-order valence-corrected chi connectivity index (χ3v) is 3.77. The fourth-order valence-electron chi connectivity index (χ4n) is 2.43. The first-order valence-electron chi connectivity index (χ1n) is 6.91. The molecule has 0 unspecified atom stereocenters. The number of pyridine rings is 1. The standard InChI is InChI=1S/C17H15ClN2O2/c1-10-7-8-20-13(9-10)14-15(21)16(22-17(14)19-2)11-3-5-12(18)6-4-11/h3-9,16,19H,1-2H3/t16-/m0/s1. The lowest BCUT2D eigenvalue weighted by Gasteiger charge is -2.11. The number of hydrogen-bond donors (Lipinski definition) is 1. The molecule has 0 radical (unpaired) electrons. The zero-order valence-electron chi connectivity index (χ0n) is 12.3. The lowest BCUT2D eigenvalue weighted by molar-refractivity contribution is -0.120. The number of halogens is 1. The van der Waals surface area contributed by atoms with Crippen molar-refractivity contribution in [2.24, 2.45) is 0 Å². The molecule has 0 saturated heterocycles. The van der Waals surface area contributed by atoms with Crippen molar-refractivity contribution < 1.29 is 9.53 Å². The molecule has 4 nitrogen and oxygen atoms in total. The monoisotopic (exact) mass is 314 g/mol. The number of benzene rings is 1. The van der Waals surface area contributed by atoms with Crippen LogP contribution in [-0.2, 0) is 9.53 Å². The van der Waals surface area contributed by atoms with E-state index < -0.39 is 6.10 Å². The maximum atomic E-state index is 12.8. The molecule has 0 saturated carbocycles. The van der Waals surface area contributed by atoms with Crippen molar-refractivity contribution in [3.05, 3.63) is 70.3 Å². The van der Waals surface area contributed by atoms with E-state index >= 15 is 0 Å². The van der Waals surface area contributed by atoms with Crippen LogP contribution in [0.3, 0.4) is 0 Å². The largest absolute Gasteiger partial charge is 0.462 e. The van der Waals surface area contributed by atoms with Gasteiger partial charge in [-0.1, -0.05) is 23.7 Å². The van der Waals surface area contributed by atoms with Crippen molar-refractivity contribution in [1.82, 2.24) is 10.3 Å². The molecule has 3 rings (SSSR count). The summed E-state index contributed by atoms with van der Waals surface area (Å²) in [4.78, 5) is 17.1. The van der Waals surface area contributed by atoms with Crippen LogP contribution < -0.4 is 5.32 Å². The second-order valence-corrected chi connectivity index (χ2v) is 5.52. The first kappa shape index (κ1) is 14.6. The van der Waals surface area contributed by atoms with Gasteiger partial charge in [0.15, 0.2) is 6.10 Å². The summed E-state index contributed by atoms with van der Waals surface area (Å²) in [6.07, 6.45) is 1.02. The SMILES string of the molecule is CNC1=C(c2cc(C)ccn2)C(=O)[C@H](c2ccc(Cl)cc2)O1. The van der Waals surface area contributed by atoms with Crippen LogP contribution in [0.2, 0.25) is 5.02 Å². The number of nitrogens with one attached hydrogen (secondary N) is 1. The van der Waals surface area contributed by atoms with Crippen LogP contribution in [-0.4, -0.2) is 17.8 Å². The van der Waals surface area contributed by atoms with Crippen LogP contribution in [0.4, 0.5) is 0 Å². The van der Waals surface area contributed by atoms with Gasteiger partial charge < -0.3 is 10.1 Å². The Balaban J connectivity index is 1.99. The number of aryl methyl sites for hydroxylation is 1. The minimum atomic E-state index is -0.669. The maximum absolute atomic E-state index is 12.8. The molecule has 0 spiro atoms. The van der Waals surface area contributed by atoms with Gasteiger partial charge in [0, 0.05) is 23.8 Å². The van der Waals surface area contributed by atoms with Crippen molar-refractivity contribution in [2.75, 3.05) is 7.05 Å². The third-order valence-electron chi connectivity index (χ3n) is 3.52. The number of carbonyl (C=O) groups is 1. The predicted molar refractivity (Wildman–Crippen MR) is 85.2 cm³/mol. The highest BCUT2D eigenvalue weighted by molar-refractivity contribution is 6.30. The van der Waals surface area contributed by atoms with Gasteiger partial charge in [0.2, 0.25) is 11.7 Å². The molecule has 1 atom stereocenters. The Labute approximate surface area is 133 Å². The first-order valence-corrected chi connectivity index (χ1v) is 7.29. The smallest absolute Gasteiger partial charge is 0.215 e. The zero-order valence-corrected chi connectivity index (χ0v) is 13.0. The normalized spacial score (nSPS) is 17.6. The van der Waals surface area contributed by atoms with Gasteiger partial charge in [0.25, 0.3) is 0 Å². The number of nitrogens with zero attached hydrogens (tertiary/aromatic N) is 1. The lowest BCUT2D eigenvalue weighted by Crippen LogP contribution is -2.10. The number of ketones is 1. The molecule has 1 aromatic carbocycles. The van der Waals surface area contributed by atoms with E-state index in [9.17, 15) is 4.79 Å². The van der Waals surface area contributed by atoms with Crippen molar-refractivity contribution in [2.45, 2.75) is 13.0 Å². The Morgan fingerprint density at radius 3 is 2.59 bits per heavy atom. The molecule has 0 aliphatic carbocycles. The van der Waals surface area contributed by atoms with Crippen LogP contribution >= 0.6 is 11.6 Å². The second kappa shape index (κ2) is 5.81. The van der Waals surface area contributed by atoms with Crippen molar-refractivity contribution >= 4 is 23.0 Å². The van der Waals surface area contributed by atoms with Gasteiger partial charge in [-0.3, -0.25) is 9.78 Å². The van der Waals surface area contributed by atoms with Gasteiger partial charge in [-0.25, -0.2) is 0 Å². The van der Waals surface area contributed by atoms with Crippen LogP contribution in [0, 0.1) is 6.92 Å². The van der Waals surface area contributed by atoms with E-state index in [0.29, 0.717) is 22.2 Å². The van der Waals surface area contributed by atoms with E-state index in [0.717, 1.165) is 11.1 Å². The first-order chi connectivity index (χ1) is 10.6. The molecule has 0 fully saturated rings. The number of ether oxygens (including phenoxy) is 1. The molecule has 22 heavy (non-hydrogen) atoms. The molecule has 0 amide bonds. The third kappa shape index (κ3) is 2.57. The lowest BCUT2D eigenvalue weighted by atomic mass is 9.99. The van der Waals surface area contributed by atoms with Crippen LogP contribution in [0.5, 0.6) is 0 Å². The number of Topliss-reactive ketones (excluding diaryl/α,β-unsaturated/α-hetero) is 1. The van der Waals surface area contributed by atoms with Gasteiger partial charge in [-0.2, -0.15) is 0 Å². The Hall–Kier alpha value is -2.33. The second-order valence-electron chi connectivity index (χ2n) is 5.09. The summed E-state index contributed by atoms with van der Waals surface area (Å²) in [5.74, 6) is 0.341.